The number of carbonyl (C=O) groups is 1. The van der Waals surface area contributed by atoms with Crippen LogP contribution < -0.4 is 5.73 Å². The van der Waals surface area contributed by atoms with Crippen LogP contribution in [-0.2, 0) is 11.3 Å². The van der Waals surface area contributed by atoms with Gasteiger partial charge in [-0.15, -0.1) is 11.3 Å². The second-order valence-electron chi connectivity index (χ2n) is 4.61. The lowest BCUT2D eigenvalue weighted by atomic mass is 10.1. The summed E-state index contributed by atoms with van der Waals surface area (Å²) in [7, 11) is 1.80. The number of likely N-dealkylation sites (N-methyl/N-ethyl adjacent to an activating group) is 1. The van der Waals surface area contributed by atoms with Crippen molar-refractivity contribution in [2.45, 2.75) is 19.5 Å². The van der Waals surface area contributed by atoms with E-state index in [1.807, 2.05) is 35.7 Å². The van der Waals surface area contributed by atoms with Gasteiger partial charge in [-0.25, -0.2) is 0 Å². The third-order valence-electron chi connectivity index (χ3n) is 3.15. The SMILES string of the molecule is Cc1ccsc1CN(C)C(=O)C(N)c1ccccc1. The molecule has 0 saturated carbocycles. The van der Waals surface area contributed by atoms with Crippen LogP contribution in [0.15, 0.2) is 41.8 Å². The van der Waals surface area contributed by atoms with Crippen LogP contribution >= 0.6 is 11.3 Å². The molecule has 2 aromatic rings. The highest BCUT2D eigenvalue weighted by Gasteiger charge is 2.20. The number of amides is 1. The van der Waals surface area contributed by atoms with E-state index in [9.17, 15) is 4.79 Å². The van der Waals surface area contributed by atoms with Gasteiger partial charge >= 0.3 is 0 Å². The zero-order valence-corrected chi connectivity index (χ0v) is 12.0. The highest BCUT2D eigenvalue weighted by Crippen LogP contribution is 2.19. The molecule has 1 aromatic carbocycles. The molecule has 19 heavy (non-hydrogen) atoms. The minimum Gasteiger partial charge on any atom is -0.339 e. The van der Waals surface area contributed by atoms with Crippen molar-refractivity contribution in [2.75, 3.05) is 7.05 Å². The zero-order chi connectivity index (χ0) is 13.8. The molecular weight excluding hydrogens is 256 g/mol. The molecule has 0 radical (unpaired) electrons. The molecule has 2 rings (SSSR count). The Balaban J connectivity index is 2.05. The highest BCUT2D eigenvalue weighted by molar-refractivity contribution is 7.10. The van der Waals surface area contributed by atoms with Crippen LogP contribution in [-0.4, -0.2) is 17.9 Å². The van der Waals surface area contributed by atoms with E-state index in [2.05, 4.69) is 13.0 Å². The Morgan fingerprint density at radius 2 is 2.00 bits per heavy atom. The molecule has 1 atom stereocenters. The van der Waals surface area contributed by atoms with Gasteiger partial charge in [0.05, 0.1) is 6.54 Å². The van der Waals surface area contributed by atoms with E-state index in [0.717, 1.165) is 5.56 Å². The first-order chi connectivity index (χ1) is 9.09. The molecule has 0 aliphatic carbocycles. The van der Waals surface area contributed by atoms with Crippen molar-refractivity contribution in [1.82, 2.24) is 4.90 Å². The van der Waals surface area contributed by atoms with Crippen molar-refractivity contribution in [3.05, 3.63) is 57.8 Å². The number of nitrogens with two attached hydrogens (primary N) is 1. The van der Waals surface area contributed by atoms with E-state index in [1.54, 1.807) is 23.3 Å². The summed E-state index contributed by atoms with van der Waals surface area (Å²) in [5, 5.41) is 2.04. The Labute approximate surface area is 117 Å². The first-order valence-electron chi connectivity index (χ1n) is 6.18. The Morgan fingerprint density at radius 1 is 1.32 bits per heavy atom. The van der Waals surface area contributed by atoms with Crippen molar-refractivity contribution in [2.24, 2.45) is 5.73 Å². The molecule has 100 valence electrons. The van der Waals surface area contributed by atoms with Gasteiger partial charge in [0.1, 0.15) is 6.04 Å². The maximum absolute atomic E-state index is 12.3. The Bertz CT molecular complexity index is 550. The number of aryl methyl sites for hydroxylation is 1. The molecule has 0 bridgehead atoms. The molecule has 1 unspecified atom stereocenters. The Kier molecular flexibility index (Phi) is 4.35. The number of hydrogen-bond donors (Lipinski definition) is 1. The van der Waals surface area contributed by atoms with Crippen LogP contribution in [0.1, 0.15) is 22.0 Å². The van der Waals surface area contributed by atoms with Crippen LogP contribution in [0.3, 0.4) is 0 Å². The maximum Gasteiger partial charge on any atom is 0.244 e. The van der Waals surface area contributed by atoms with Crippen LogP contribution in [0.5, 0.6) is 0 Å². The highest BCUT2D eigenvalue weighted by atomic mass is 32.1. The van der Waals surface area contributed by atoms with Gasteiger partial charge in [-0.1, -0.05) is 30.3 Å². The van der Waals surface area contributed by atoms with Crippen LogP contribution in [0.2, 0.25) is 0 Å². The fourth-order valence-corrected chi connectivity index (χ4v) is 2.86. The van der Waals surface area contributed by atoms with Gasteiger partial charge in [0.2, 0.25) is 5.91 Å². The lowest BCUT2D eigenvalue weighted by molar-refractivity contribution is -0.131. The average molecular weight is 274 g/mol. The molecule has 1 aromatic heterocycles. The second kappa shape index (κ2) is 5.99. The van der Waals surface area contributed by atoms with E-state index < -0.39 is 6.04 Å². The first kappa shape index (κ1) is 13.8. The molecule has 4 heteroatoms. The quantitative estimate of drug-likeness (QED) is 0.931. The van der Waals surface area contributed by atoms with Crippen LogP contribution in [0, 0.1) is 6.92 Å². The third-order valence-corrected chi connectivity index (χ3v) is 4.16. The number of carbonyl (C=O) groups excluding carboxylic acids is 1. The zero-order valence-electron chi connectivity index (χ0n) is 11.2. The molecule has 0 aliphatic rings. The van der Waals surface area contributed by atoms with E-state index in [0.29, 0.717) is 6.54 Å². The van der Waals surface area contributed by atoms with Gasteiger partial charge in [0.25, 0.3) is 0 Å². The first-order valence-corrected chi connectivity index (χ1v) is 7.06. The lowest BCUT2D eigenvalue weighted by Crippen LogP contribution is -2.35. The molecule has 3 nitrogen and oxygen atoms in total. The number of benzene rings is 1. The van der Waals surface area contributed by atoms with E-state index >= 15 is 0 Å². The average Bonchev–Trinajstić information content (AvgIpc) is 2.83. The van der Waals surface area contributed by atoms with Crippen molar-refractivity contribution < 1.29 is 4.79 Å². The maximum atomic E-state index is 12.3. The molecule has 0 saturated heterocycles. The summed E-state index contributed by atoms with van der Waals surface area (Å²) in [5.74, 6) is -0.0565. The summed E-state index contributed by atoms with van der Waals surface area (Å²) in [6, 6.07) is 10.9. The van der Waals surface area contributed by atoms with E-state index in [1.165, 1.54) is 10.4 Å². The Morgan fingerprint density at radius 3 is 2.58 bits per heavy atom. The second-order valence-corrected chi connectivity index (χ2v) is 5.61. The van der Waals surface area contributed by atoms with Crippen LogP contribution in [0.25, 0.3) is 0 Å². The molecule has 0 spiro atoms. The van der Waals surface area contributed by atoms with Crippen molar-refractivity contribution in [1.29, 1.82) is 0 Å². The predicted octanol–water partition coefficient (Wildman–Crippen LogP) is 2.71. The van der Waals surface area contributed by atoms with Crippen molar-refractivity contribution in [3.8, 4) is 0 Å². The minimum atomic E-state index is -0.591. The monoisotopic (exact) mass is 274 g/mol. The predicted molar refractivity (Wildman–Crippen MR) is 78.9 cm³/mol. The lowest BCUT2D eigenvalue weighted by Gasteiger charge is -2.21. The standard InChI is InChI=1S/C15H18N2OS/c1-11-8-9-19-13(11)10-17(2)15(18)14(16)12-6-4-3-5-7-12/h3-9,14H,10,16H2,1-2H3. The largest absolute Gasteiger partial charge is 0.339 e. The van der Waals surface area contributed by atoms with Crippen molar-refractivity contribution >= 4 is 17.2 Å². The summed E-state index contributed by atoms with van der Waals surface area (Å²) < 4.78 is 0. The Hall–Kier alpha value is -1.65. The third kappa shape index (κ3) is 3.22. The number of rotatable bonds is 4. The minimum absolute atomic E-state index is 0.0565. The fourth-order valence-electron chi connectivity index (χ4n) is 1.90. The topological polar surface area (TPSA) is 46.3 Å². The number of nitrogens with zero attached hydrogens (tertiary/aromatic N) is 1. The molecular formula is C15H18N2OS. The van der Waals surface area contributed by atoms with E-state index in [-0.39, 0.29) is 5.91 Å². The summed E-state index contributed by atoms with van der Waals surface area (Å²) >= 11 is 1.67. The molecule has 1 heterocycles. The summed E-state index contributed by atoms with van der Waals surface area (Å²) in [6.45, 7) is 2.67. The van der Waals surface area contributed by atoms with Crippen LogP contribution in [0.4, 0.5) is 0 Å². The van der Waals surface area contributed by atoms with Gasteiger partial charge in [-0.05, 0) is 29.5 Å². The van der Waals surface area contributed by atoms with Crippen molar-refractivity contribution in [3.63, 3.8) is 0 Å². The van der Waals surface area contributed by atoms with Gasteiger partial charge in [0.15, 0.2) is 0 Å². The number of thiophene rings is 1. The van der Waals surface area contributed by atoms with Gasteiger partial charge in [-0.2, -0.15) is 0 Å². The fraction of sp³-hybridized carbons (Fsp3) is 0.267. The summed E-state index contributed by atoms with van der Waals surface area (Å²) in [4.78, 5) is 15.2. The summed E-state index contributed by atoms with van der Waals surface area (Å²) in [5.41, 5.74) is 8.09. The van der Waals surface area contributed by atoms with Gasteiger partial charge in [0, 0.05) is 11.9 Å². The molecule has 2 N–H and O–H groups in total. The van der Waals surface area contributed by atoms with Gasteiger partial charge in [-0.3, -0.25) is 4.79 Å². The van der Waals surface area contributed by atoms with E-state index in [4.69, 9.17) is 5.73 Å². The molecule has 1 amide bonds. The normalized spacial score (nSPS) is 12.2. The molecule has 0 aliphatic heterocycles. The number of hydrogen-bond acceptors (Lipinski definition) is 3. The van der Waals surface area contributed by atoms with Gasteiger partial charge < -0.3 is 10.6 Å². The summed E-state index contributed by atoms with van der Waals surface area (Å²) in [6.07, 6.45) is 0. The smallest absolute Gasteiger partial charge is 0.244 e. The molecule has 0 fully saturated rings.